The van der Waals surface area contributed by atoms with Crippen molar-refractivity contribution in [1.29, 1.82) is 0 Å². The third-order valence-corrected chi connectivity index (χ3v) is 3.15. The molecule has 0 aromatic rings. The van der Waals surface area contributed by atoms with E-state index < -0.39 is 8.07 Å². The van der Waals surface area contributed by atoms with Crippen LogP contribution in [0.1, 0.15) is 6.92 Å². The Morgan fingerprint density at radius 3 is 2.38 bits per heavy atom. The maximum atomic E-state index is 11.0. The lowest BCUT2D eigenvalue weighted by molar-refractivity contribution is -0.137. The average molecular weight is 201 g/mol. The van der Waals surface area contributed by atoms with Gasteiger partial charge < -0.3 is 10.5 Å². The smallest absolute Gasteiger partial charge is 0.332 e. The van der Waals surface area contributed by atoms with E-state index in [-0.39, 0.29) is 5.97 Å². The minimum atomic E-state index is -1.09. The van der Waals surface area contributed by atoms with Gasteiger partial charge >= 0.3 is 5.97 Å². The zero-order valence-electron chi connectivity index (χ0n) is 8.89. The lowest BCUT2D eigenvalue weighted by Gasteiger charge is -2.14. The number of rotatable bonds is 4. The zero-order chi connectivity index (χ0) is 10.5. The maximum absolute atomic E-state index is 11.0. The summed E-state index contributed by atoms with van der Waals surface area (Å²) in [6, 6.07) is 0.996. The first-order chi connectivity index (χ1) is 5.81. The van der Waals surface area contributed by atoms with Crippen molar-refractivity contribution < 1.29 is 9.53 Å². The molecule has 3 nitrogen and oxygen atoms in total. The first-order valence-electron chi connectivity index (χ1n) is 4.42. The van der Waals surface area contributed by atoms with Crippen molar-refractivity contribution in [2.45, 2.75) is 32.6 Å². The van der Waals surface area contributed by atoms with E-state index in [1.165, 1.54) is 6.08 Å². The molecule has 2 N–H and O–H groups in total. The molecule has 76 valence electrons. The van der Waals surface area contributed by atoms with Crippen LogP contribution in [0.2, 0.25) is 25.7 Å². The van der Waals surface area contributed by atoms with Gasteiger partial charge in [0, 0.05) is 19.8 Å². The highest BCUT2D eigenvalue weighted by Gasteiger charge is 2.13. The van der Waals surface area contributed by atoms with Crippen molar-refractivity contribution in [2.24, 2.45) is 5.73 Å². The van der Waals surface area contributed by atoms with E-state index >= 15 is 0 Å². The van der Waals surface area contributed by atoms with Gasteiger partial charge in [-0.3, -0.25) is 0 Å². The predicted octanol–water partition coefficient (Wildman–Crippen LogP) is 1.73. The van der Waals surface area contributed by atoms with Crippen molar-refractivity contribution >= 4 is 14.0 Å². The van der Waals surface area contributed by atoms with E-state index in [0.717, 1.165) is 6.04 Å². The van der Waals surface area contributed by atoms with E-state index in [1.54, 1.807) is 6.92 Å². The van der Waals surface area contributed by atoms with Gasteiger partial charge in [0.05, 0.1) is 6.61 Å². The van der Waals surface area contributed by atoms with Crippen LogP contribution in [0.3, 0.4) is 0 Å². The molecule has 0 aliphatic heterocycles. The van der Waals surface area contributed by atoms with Crippen LogP contribution in [0.4, 0.5) is 0 Å². The summed E-state index contributed by atoms with van der Waals surface area (Å²) < 4.78 is 4.97. The Morgan fingerprint density at radius 1 is 1.46 bits per heavy atom. The van der Waals surface area contributed by atoms with Gasteiger partial charge in [-0.25, -0.2) is 4.79 Å². The fourth-order valence-corrected chi connectivity index (χ4v) is 1.40. The van der Waals surface area contributed by atoms with Crippen molar-refractivity contribution in [3.63, 3.8) is 0 Å². The van der Waals surface area contributed by atoms with Gasteiger partial charge in [0.25, 0.3) is 0 Å². The molecule has 0 rings (SSSR count). The highest BCUT2D eigenvalue weighted by Crippen LogP contribution is 2.07. The van der Waals surface area contributed by atoms with Gasteiger partial charge in [-0.05, 0) is 13.0 Å². The Labute approximate surface area is 81.0 Å². The second kappa shape index (κ2) is 5.06. The highest BCUT2D eigenvalue weighted by molar-refractivity contribution is 6.76. The molecule has 0 aromatic carbocycles. The van der Waals surface area contributed by atoms with Crippen LogP contribution in [0.15, 0.2) is 11.8 Å². The summed E-state index contributed by atoms with van der Waals surface area (Å²) >= 11 is 0. The molecule has 0 amide bonds. The molecule has 0 unspecified atom stereocenters. The summed E-state index contributed by atoms with van der Waals surface area (Å²) in [7, 11) is -1.09. The lowest BCUT2D eigenvalue weighted by Crippen LogP contribution is -2.22. The molecule has 0 saturated heterocycles. The molecule has 0 heterocycles. The number of nitrogens with two attached hydrogens (primary N) is 1. The largest absolute Gasteiger partial charge is 0.463 e. The molecule has 0 spiro atoms. The molecule has 0 bridgehead atoms. The molecule has 0 fully saturated rings. The molecular formula is C9H19NO2Si. The van der Waals surface area contributed by atoms with Crippen molar-refractivity contribution in [3.05, 3.63) is 11.8 Å². The molecule has 0 radical (unpaired) electrons. The second-order valence-corrected chi connectivity index (χ2v) is 9.99. The topological polar surface area (TPSA) is 52.3 Å². The molecule has 0 aliphatic rings. The summed E-state index contributed by atoms with van der Waals surface area (Å²) in [6.07, 6.45) is 1.31. The van der Waals surface area contributed by atoms with Crippen LogP contribution in [0.5, 0.6) is 0 Å². The summed E-state index contributed by atoms with van der Waals surface area (Å²) in [4.78, 5) is 11.0. The van der Waals surface area contributed by atoms with Gasteiger partial charge in [0.15, 0.2) is 0 Å². The molecule has 0 aliphatic carbocycles. The third kappa shape index (κ3) is 9.14. The summed E-state index contributed by atoms with van der Waals surface area (Å²) in [5.41, 5.74) is 5.80. The Morgan fingerprint density at radius 2 is 2.00 bits per heavy atom. The summed E-state index contributed by atoms with van der Waals surface area (Å²) in [5, 5.41) is 0. The SMILES string of the molecule is C/C(N)=C/C(=O)OCC[Si](C)(C)C. The number of carbonyl (C=O) groups excluding carboxylic acids is 1. The Balaban J connectivity index is 3.67. The Hall–Kier alpha value is -0.773. The monoisotopic (exact) mass is 201 g/mol. The highest BCUT2D eigenvalue weighted by atomic mass is 28.3. The quantitative estimate of drug-likeness (QED) is 0.428. The molecular weight excluding hydrogens is 182 g/mol. The first kappa shape index (κ1) is 12.2. The number of carbonyl (C=O) groups is 1. The number of hydrogen-bond donors (Lipinski definition) is 1. The third-order valence-electron chi connectivity index (χ3n) is 1.44. The van der Waals surface area contributed by atoms with Gasteiger partial charge in [-0.1, -0.05) is 19.6 Å². The second-order valence-electron chi connectivity index (χ2n) is 4.37. The fraction of sp³-hybridized carbons (Fsp3) is 0.667. The minimum Gasteiger partial charge on any atom is -0.463 e. The predicted molar refractivity (Wildman–Crippen MR) is 57.1 cm³/mol. The van der Waals surface area contributed by atoms with Gasteiger partial charge in [-0.15, -0.1) is 0 Å². The number of esters is 1. The van der Waals surface area contributed by atoms with Gasteiger partial charge in [0.1, 0.15) is 0 Å². The average Bonchev–Trinajstić information content (AvgIpc) is 1.81. The van der Waals surface area contributed by atoms with Crippen LogP contribution in [0.25, 0.3) is 0 Å². The van der Waals surface area contributed by atoms with Crippen LogP contribution in [0, 0.1) is 0 Å². The van der Waals surface area contributed by atoms with E-state index in [2.05, 4.69) is 19.6 Å². The standard InChI is InChI=1S/C9H19NO2Si/c1-8(10)7-9(11)12-5-6-13(2,3)4/h7H,5-6,10H2,1-4H3/b8-7-. The van der Waals surface area contributed by atoms with E-state index in [4.69, 9.17) is 10.5 Å². The van der Waals surface area contributed by atoms with Crippen molar-refractivity contribution in [1.82, 2.24) is 0 Å². The number of ether oxygens (including phenoxy) is 1. The van der Waals surface area contributed by atoms with Crippen LogP contribution in [-0.2, 0) is 9.53 Å². The first-order valence-corrected chi connectivity index (χ1v) is 8.12. The molecule has 4 heteroatoms. The molecule has 13 heavy (non-hydrogen) atoms. The van der Waals surface area contributed by atoms with Crippen molar-refractivity contribution in [3.8, 4) is 0 Å². The summed E-state index contributed by atoms with van der Waals surface area (Å²) in [5.74, 6) is -0.335. The van der Waals surface area contributed by atoms with Crippen LogP contribution >= 0.6 is 0 Å². The molecule has 0 atom stereocenters. The van der Waals surface area contributed by atoms with Gasteiger partial charge in [-0.2, -0.15) is 0 Å². The van der Waals surface area contributed by atoms with E-state index in [1.807, 2.05) is 0 Å². The maximum Gasteiger partial charge on any atom is 0.332 e. The van der Waals surface area contributed by atoms with Crippen LogP contribution < -0.4 is 5.73 Å². The van der Waals surface area contributed by atoms with Crippen LogP contribution in [-0.4, -0.2) is 20.7 Å². The zero-order valence-corrected chi connectivity index (χ0v) is 9.89. The summed E-state index contributed by atoms with van der Waals surface area (Å²) in [6.45, 7) is 8.90. The Bertz CT molecular complexity index is 202. The normalized spacial score (nSPS) is 12.8. The fourth-order valence-electron chi connectivity index (χ4n) is 0.685. The lowest BCUT2D eigenvalue weighted by atomic mass is 10.4. The molecule has 0 aromatic heterocycles. The number of allylic oxidation sites excluding steroid dienone is 1. The van der Waals surface area contributed by atoms with Gasteiger partial charge in [0.2, 0.25) is 0 Å². The minimum absolute atomic E-state index is 0.335. The molecule has 0 saturated carbocycles. The Kier molecular flexibility index (Phi) is 4.76. The van der Waals surface area contributed by atoms with E-state index in [9.17, 15) is 4.79 Å². The number of hydrogen-bond acceptors (Lipinski definition) is 3. The van der Waals surface area contributed by atoms with E-state index in [0.29, 0.717) is 12.3 Å². The van der Waals surface area contributed by atoms with Crippen molar-refractivity contribution in [2.75, 3.05) is 6.61 Å².